The Morgan fingerprint density at radius 2 is 1.90 bits per heavy atom. The van der Waals surface area contributed by atoms with Gasteiger partial charge in [0.1, 0.15) is 0 Å². The Labute approximate surface area is 133 Å². The number of aliphatic hydroxyl groups is 1. The first-order valence-corrected chi connectivity index (χ1v) is 7.82. The quantitative estimate of drug-likeness (QED) is 0.820. The molecule has 2 aromatic heterocycles. The van der Waals surface area contributed by atoms with Crippen LogP contribution in [-0.2, 0) is 0 Å². The summed E-state index contributed by atoms with van der Waals surface area (Å²) in [6.07, 6.45) is 5.30. The lowest BCUT2D eigenvalue weighted by Crippen LogP contribution is -2.16. The monoisotopic (exact) mass is 334 g/mol. The summed E-state index contributed by atoms with van der Waals surface area (Å²) >= 11 is 18.6. The van der Waals surface area contributed by atoms with Crippen molar-refractivity contribution in [3.8, 4) is 0 Å². The normalized spacial score (nSPS) is 14.7. The average molecular weight is 336 g/mol. The largest absolute Gasteiger partial charge is 0.387 e. The molecule has 2 rings (SSSR count). The summed E-state index contributed by atoms with van der Waals surface area (Å²) in [7, 11) is 0. The standard InChI is InChI=1S/C14H17Cl3N2O/c1-3-5-8(4-2)14(20)13-12(17)11(16)10(15)9-6-18-7-19(9)13/h6-8,14,20H,3-5H2,1-2H3. The molecule has 6 heteroatoms. The molecule has 0 aromatic carbocycles. The molecule has 2 heterocycles. The van der Waals surface area contributed by atoms with Crippen molar-refractivity contribution in [2.24, 2.45) is 5.92 Å². The molecule has 2 unspecified atom stereocenters. The van der Waals surface area contributed by atoms with Crippen LogP contribution in [0.15, 0.2) is 12.5 Å². The van der Waals surface area contributed by atoms with Gasteiger partial charge in [0.15, 0.2) is 0 Å². The van der Waals surface area contributed by atoms with E-state index in [1.165, 1.54) is 0 Å². The van der Waals surface area contributed by atoms with Gasteiger partial charge >= 0.3 is 0 Å². The van der Waals surface area contributed by atoms with Gasteiger partial charge in [-0.1, -0.05) is 61.5 Å². The van der Waals surface area contributed by atoms with Crippen molar-refractivity contribution in [1.29, 1.82) is 0 Å². The molecule has 0 saturated carbocycles. The van der Waals surface area contributed by atoms with Gasteiger partial charge in [0, 0.05) is 0 Å². The van der Waals surface area contributed by atoms with Crippen LogP contribution in [0.1, 0.15) is 44.9 Å². The molecule has 0 aliphatic rings. The van der Waals surface area contributed by atoms with Crippen LogP contribution in [0.4, 0.5) is 0 Å². The number of fused-ring (bicyclic) bond motifs is 1. The molecule has 3 nitrogen and oxygen atoms in total. The summed E-state index contributed by atoms with van der Waals surface area (Å²) in [5, 5.41) is 11.6. The molecule has 0 radical (unpaired) electrons. The fraction of sp³-hybridized carbons (Fsp3) is 0.500. The van der Waals surface area contributed by atoms with Gasteiger partial charge in [-0.25, -0.2) is 4.98 Å². The molecule has 0 aliphatic heterocycles. The third-order valence-corrected chi connectivity index (χ3v) is 4.98. The molecule has 1 N–H and O–H groups in total. The van der Waals surface area contributed by atoms with E-state index in [1.54, 1.807) is 16.9 Å². The van der Waals surface area contributed by atoms with E-state index in [2.05, 4.69) is 18.8 Å². The lowest BCUT2D eigenvalue weighted by molar-refractivity contribution is 0.0948. The second-order valence-corrected chi connectivity index (χ2v) is 6.01. The Bertz CT molecular complexity index is 612. The topological polar surface area (TPSA) is 37.5 Å². The molecule has 0 spiro atoms. The summed E-state index contributed by atoms with van der Waals surface area (Å²) < 4.78 is 1.72. The Morgan fingerprint density at radius 3 is 2.50 bits per heavy atom. The van der Waals surface area contributed by atoms with Crippen LogP contribution in [0.2, 0.25) is 15.1 Å². The van der Waals surface area contributed by atoms with Crippen LogP contribution in [0.3, 0.4) is 0 Å². The van der Waals surface area contributed by atoms with Gasteiger partial charge in [0.05, 0.1) is 44.9 Å². The van der Waals surface area contributed by atoms with Crippen LogP contribution < -0.4 is 0 Å². The van der Waals surface area contributed by atoms with E-state index < -0.39 is 6.10 Å². The molecule has 0 saturated heterocycles. The maximum Gasteiger partial charge on any atom is 0.0996 e. The minimum absolute atomic E-state index is 0.125. The van der Waals surface area contributed by atoms with E-state index in [4.69, 9.17) is 34.8 Å². The number of halogens is 3. The maximum atomic E-state index is 10.7. The highest BCUT2D eigenvalue weighted by Crippen LogP contribution is 2.41. The predicted octanol–water partition coefficient (Wildman–Crippen LogP) is 5.15. The van der Waals surface area contributed by atoms with Gasteiger partial charge in [-0.15, -0.1) is 0 Å². The van der Waals surface area contributed by atoms with Gasteiger partial charge in [0.25, 0.3) is 0 Å². The SMILES string of the molecule is CCCC(CC)C(O)c1c(Cl)c(Cl)c(Cl)c2cncn12. The lowest BCUT2D eigenvalue weighted by Gasteiger charge is -2.24. The molecular formula is C14H17Cl3N2O. The second-order valence-electron chi connectivity index (χ2n) is 4.88. The number of pyridine rings is 1. The summed E-state index contributed by atoms with van der Waals surface area (Å²) in [5.41, 5.74) is 1.22. The highest BCUT2D eigenvalue weighted by molar-refractivity contribution is 6.49. The van der Waals surface area contributed by atoms with Gasteiger partial charge in [-0.2, -0.15) is 0 Å². The zero-order valence-corrected chi connectivity index (χ0v) is 13.7. The third-order valence-electron chi connectivity index (χ3n) is 3.64. The molecule has 0 amide bonds. The van der Waals surface area contributed by atoms with Crippen molar-refractivity contribution in [2.75, 3.05) is 0 Å². The molecule has 0 bridgehead atoms. The summed E-state index contributed by atoms with van der Waals surface area (Å²) in [4.78, 5) is 4.07. The summed E-state index contributed by atoms with van der Waals surface area (Å²) in [5.74, 6) is 0.125. The van der Waals surface area contributed by atoms with Crippen LogP contribution in [0, 0.1) is 5.92 Å². The van der Waals surface area contributed by atoms with Crippen LogP contribution >= 0.6 is 34.8 Å². The Morgan fingerprint density at radius 1 is 1.20 bits per heavy atom. The van der Waals surface area contributed by atoms with Crippen molar-refractivity contribution in [2.45, 2.75) is 39.2 Å². The Kier molecular flexibility index (Phi) is 5.19. The van der Waals surface area contributed by atoms with Crippen molar-refractivity contribution in [1.82, 2.24) is 9.38 Å². The highest BCUT2D eigenvalue weighted by Gasteiger charge is 2.26. The second kappa shape index (κ2) is 6.52. The van der Waals surface area contributed by atoms with Gasteiger partial charge in [0.2, 0.25) is 0 Å². The maximum absolute atomic E-state index is 10.7. The predicted molar refractivity (Wildman–Crippen MR) is 83.9 cm³/mol. The fourth-order valence-electron chi connectivity index (χ4n) is 2.53. The van der Waals surface area contributed by atoms with Crippen molar-refractivity contribution in [3.63, 3.8) is 0 Å². The van der Waals surface area contributed by atoms with E-state index in [1.807, 2.05) is 0 Å². The van der Waals surface area contributed by atoms with Crippen molar-refractivity contribution >= 4 is 40.3 Å². The Balaban J connectivity index is 2.61. The average Bonchev–Trinajstić information content (AvgIpc) is 2.91. The van der Waals surface area contributed by atoms with Crippen LogP contribution in [0.25, 0.3) is 5.52 Å². The molecule has 2 atom stereocenters. The van der Waals surface area contributed by atoms with Crippen LogP contribution in [-0.4, -0.2) is 14.5 Å². The molecular weight excluding hydrogens is 319 g/mol. The van der Waals surface area contributed by atoms with E-state index in [0.29, 0.717) is 21.3 Å². The zero-order chi connectivity index (χ0) is 14.9. The number of nitrogens with zero attached hydrogens (tertiary/aromatic N) is 2. The molecule has 2 aromatic rings. The first kappa shape index (κ1) is 15.9. The number of rotatable bonds is 5. The number of hydrogen-bond acceptors (Lipinski definition) is 2. The fourth-order valence-corrected chi connectivity index (χ4v) is 3.30. The number of imidazole rings is 1. The smallest absolute Gasteiger partial charge is 0.0996 e. The molecule has 110 valence electrons. The number of aliphatic hydroxyl groups excluding tert-OH is 1. The zero-order valence-electron chi connectivity index (χ0n) is 11.4. The highest BCUT2D eigenvalue weighted by atomic mass is 35.5. The third kappa shape index (κ3) is 2.64. The van der Waals surface area contributed by atoms with E-state index in [-0.39, 0.29) is 10.9 Å². The van der Waals surface area contributed by atoms with Crippen molar-refractivity contribution < 1.29 is 5.11 Å². The van der Waals surface area contributed by atoms with Gasteiger partial charge in [-0.05, 0) is 12.3 Å². The molecule has 20 heavy (non-hydrogen) atoms. The summed E-state index contributed by atoms with van der Waals surface area (Å²) in [6, 6.07) is 0. The molecule has 0 fully saturated rings. The molecule has 0 aliphatic carbocycles. The van der Waals surface area contributed by atoms with Gasteiger partial charge in [-0.3, -0.25) is 4.40 Å². The first-order chi connectivity index (χ1) is 9.52. The minimum atomic E-state index is -0.695. The van der Waals surface area contributed by atoms with E-state index >= 15 is 0 Å². The van der Waals surface area contributed by atoms with E-state index in [0.717, 1.165) is 19.3 Å². The number of aromatic nitrogens is 2. The van der Waals surface area contributed by atoms with Gasteiger partial charge < -0.3 is 5.11 Å². The first-order valence-electron chi connectivity index (χ1n) is 6.69. The minimum Gasteiger partial charge on any atom is -0.387 e. The van der Waals surface area contributed by atoms with Crippen molar-refractivity contribution in [3.05, 3.63) is 33.3 Å². The van der Waals surface area contributed by atoms with E-state index in [9.17, 15) is 5.11 Å². The Hall–Kier alpha value is -0.480. The lowest BCUT2D eigenvalue weighted by atomic mass is 9.92. The van der Waals surface area contributed by atoms with Crippen LogP contribution in [0.5, 0.6) is 0 Å². The summed E-state index contributed by atoms with van der Waals surface area (Å²) in [6.45, 7) is 4.15. The number of hydrogen-bond donors (Lipinski definition) is 1.